The third-order valence-electron chi connectivity index (χ3n) is 7.01. The van der Waals surface area contributed by atoms with E-state index in [1.807, 2.05) is 66.1 Å². The number of carbonyl (C=O) groups excluding carboxylic acids is 1. The fraction of sp³-hybridized carbons (Fsp3) is 0.346. The van der Waals surface area contributed by atoms with Crippen molar-refractivity contribution in [2.75, 3.05) is 13.2 Å². The Hall–Kier alpha value is -3.29. The van der Waals surface area contributed by atoms with Gasteiger partial charge in [0.15, 0.2) is 0 Å². The van der Waals surface area contributed by atoms with E-state index in [9.17, 15) is 14.7 Å². The van der Waals surface area contributed by atoms with Crippen LogP contribution in [0.25, 0.3) is 11.1 Å². The van der Waals surface area contributed by atoms with E-state index in [-0.39, 0.29) is 36.0 Å². The van der Waals surface area contributed by atoms with Crippen LogP contribution in [-0.4, -0.2) is 44.7 Å². The van der Waals surface area contributed by atoms with E-state index in [2.05, 4.69) is 15.2 Å². The number of aliphatic hydroxyl groups is 1. The quantitative estimate of drug-likeness (QED) is 0.609. The molecule has 7 nitrogen and oxygen atoms in total. The van der Waals surface area contributed by atoms with E-state index < -0.39 is 6.04 Å². The lowest BCUT2D eigenvalue weighted by Crippen LogP contribution is -2.48. The van der Waals surface area contributed by atoms with Crippen LogP contribution >= 0.6 is 0 Å². The number of hydrogen-bond donors (Lipinski definition) is 2. The number of carbonyl (C=O) groups is 1. The lowest BCUT2D eigenvalue weighted by molar-refractivity contribution is -0.127. The number of aliphatic hydroxyl groups excluding tert-OH is 1. The van der Waals surface area contributed by atoms with Gasteiger partial charge in [-0.15, -0.1) is 0 Å². The van der Waals surface area contributed by atoms with Gasteiger partial charge < -0.3 is 15.0 Å². The van der Waals surface area contributed by atoms with Crippen molar-refractivity contribution in [1.29, 1.82) is 0 Å². The molecule has 2 N–H and O–H groups in total. The average molecular weight is 445 g/mol. The number of likely N-dealkylation sites (tertiary alicyclic amines) is 1. The average Bonchev–Trinajstić information content (AvgIpc) is 3.36. The molecule has 3 aromatic rings. The second-order valence-corrected chi connectivity index (χ2v) is 8.78. The van der Waals surface area contributed by atoms with Crippen LogP contribution in [0.1, 0.15) is 24.2 Å². The molecule has 1 fully saturated rings. The number of pyridine rings is 2. The molecule has 0 saturated carbocycles. The second kappa shape index (κ2) is 8.92. The molecule has 170 valence electrons. The molecule has 1 amide bonds. The zero-order valence-corrected chi connectivity index (χ0v) is 18.6. The van der Waals surface area contributed by atoms with E-state index in [0.29, 0.717) is 25.2 Å². The maximum Gasteiger partial charge on any atom is 0.258 e. The van der Waals surface area contributed by atoms with Crippen molar-refractivity contribution < 1.29 is 9.90 Å². The van der Waals surface area contributed by atoms with Crippen LogP contribution in [-0.2, 0) is 17.9 Å². The van der Waals surface area contributed by atoms with Gasteiger partial charge in [0.1, 0.15) is 0 Å². The third kappa shape index (κ3) is 3.67. The summed E-state index contributed by atoms with van der Waals surface area (Å²) in [5, 5.41) is 13.3. The van der Waals surface area contributed by atoms with E-state index in [1.165, 1.54) is 0 Å². The molecule has 4 atom stereocenters. The SMILES string of the molecule is CCNC(=O)[C@@H]1[C@@H](CO)[C@@H]2Cn3c(ccc(-c4ccncc4)c3=O)[C@@H]2N1Cc1ccccc1. The third-order valence-corrected chi connectivity index (χ3v) is 7.01. The summed E-state index contributed by atoms with van der Waals surface area (Å²) in [6, 6.07) is 17.0. The van der Waals surface area contributed by atoms with Crippen molar-refractivity contribution in [3.05, 3.63) is 88.6 Å². The number of nitrogens with zero attached hydrogens (tertiary/aromatic N) is 3. The number of amides is 1. The minimum Gasteiger partial charge on any atom is -0.396 e. The first-order chi connectivity index (χ1) is 16.1. The van der Waals surface area contributed by atoms with Crippen LogP contribution in [0.4, 0.5) is 0 Å². The summed E-state index contributed by atoms with van der Waals surface area (Å²) in [5.41, 5.74) is 3.43. The Morgan fingerprint density at radius 1 is 1.12 bits per heavy atom. The fourth-order valence-corrected chi connectivity index (χ4v) is 5.61. The number of fused-ring (bicyclic) bond motifs is 3. The lowest BCUT2D eigenvalue weighted by Gasteiger charge is -2.30. The predicted molar refractivity (Wildman–Crippen MR) is 125 cm³/mol. The molecular weight excluding hydrogens is 416 g/mol. The van der Waals surface area contributed by atoms with E-state index in [4.69, 9.17) is 0 Å². The second-order valence-electron chi connectivity index (χ2n) is 8.78. The Morgan fingerprint density at radius 3 is 2.58 bits per heavy atom. The highest BCUT2D eigenvalue weighted by atomic mass is 16.3. The Labute approximate surface area is 192 Å². The van der Waals surface area contributed by atoms with Gasteiger partial charge in [-0.1, -0.05) is 30.3 Å². The van der Waals surface area contributed by atoms with Gasteiger partial charge in [0.25, 0.3) is 5.56 Å². The molecule has 0 bridgehead atoms. The van der Waals surface area contributed by atoms with Crippen LogP contribution in [0, 0.1) is 11.8 Å². The van der Waals surface area contributed by atoms with Crippen molar-refractivity contribution in [3.8, 4) is 11.1 Å². The molecule has 33 heavy (non-hydrogen) atoms. The minimum atomic E-state index is -0.450. The number of likely N-dealkylation sites (N-methyl/N-ethyl adjacent to an activating group) is 1. The summed E-state index contributed by atoms with van der Waals surface area (Å²) in [6.07, 6.45) is 3.36. The van der Waals surface area contributed by atoms with Gasteiger partial charge in [-0.2, -0.15) is 0 Å². The van der Waals surface area contributed by atoms with Crippen molar-refractivity contribution in [2.24, 2.45) is 11.8 Å². The van der Waals surface area contributed by atoms with Crippen LogP contribution in [0.15, 0.2) is 71.8 Å². The van der Waals surface area contributed by atoms with Gasteiger partial charge in [-0.3, -0.25) is 19.5 Å². The van der Waals surface area contributed by atoms with Crippen molar-refractivity contribution in [3.63, 3.8) is 0 Å². The van der Waals surface area contributed by atoms with Crippen molar-refractivity contribution >= 4 is 5.91 Å². The van der Waals surface area contributed by atoms with Gasteiger partial charge in [0.05, 0.1) is 12.1 Å². The molecule has 2 aromatic heterocycles. The molecule has 1 saturated heterocycles. The molecule has 2 aliphatic heterocycles. The number of nitrogens with one attached hydrogen (secondary N) is 1. The Balaban J connectivity index is 1.59. The topological polar surface area (TPSA) is 87.5 Å². The summed E-state index contributed by atoms with van der Waals surface area (Å²) in [5.74, 6) is -0.343. The number of aromatic nitrogens is 2. The zero-order valence-electron chi connectivity index (χ0n) is 18.6. The van der Waals surface area contributed by atoms with E-state index in [1.54, 1.807) is 12.4 Å². The van der Waals surface area contributed by atoms with Gasteiger partial charge in [-0.05, 0) is 42.3 Å². The molecule has 0 radical (unpaired) electrons. The minimum absolute atomic E-state index is 0.0216. The van der Waals surface area contributed by atoms with Crippen molar-refractivity contribution in [2.45, 2.75) is 32.1 Å². The summed E-state index contributed by atoms with van der Waals surface area (Å²) >= 11 is 0. The number of rotatable bonds is 6. The van der Waals surface area contributed by atoms with Crippen LogP contribution in [0.3, 0.4) is 0 Å². The van der Waals surface area contributed by atoms with Gasteiger partial charge >= 0.3 is 0 Å². The highest BCUT2D eigenvalue weighted by molar-refractivity contribution is 5.82. The fourth-order valence-electron chi connectivity index (χ4n) is 5.61. The predicted octanol–water partition coefficient (Wildman–Crippen LogP) is 2.21. The standard InChI is InChI=1S/C26H28N4O3/c1-2-28-25(32)24-21(16-31)20-15-29-22(23(20)30(24)14-17-6-4-3-5-7-17)9-8-19(26(29)33)18-10-12-27-13-11-18/h3-13,20-21,23-24,31H,2,14-16H2,1H3,(H,28,32)/t20-,21-,23+,24-/m0/s1. The Morgan fingerprint density at radius 2 is 1.88 bits per heavy atom. The molecule has 5 rings (SSSR count). The highest BCUT2D eigenvalue weighted by Gasteiger charge is 2.55. The first-order valence-electron chi connectivity index (χ1n) is 11.5. The van der Waals surface area contributed by atoms with Crippen LogP contribution in [0.2, 0.25) is 0 Å². The highest BCUT2D eigenvalue weighted by Crippen LogP contribution is 2.49. The summed E-state index contributed by atoms with van der Waals surface area (Å²) in [6.45, 7) is 3.39. The molecular formula is C26H28N4O3. The zero-order chi connectivity index (χ0) is 22.9. The van der Waals surface area contributed by atoms with E-state index >= 15 is 0 Å². The largest absolute Gasteiger partial charge is 0.396 e. The summed E-state index contributed by atoms with van der Waals surface area (Å²) in [7, 11) is 0. The maximum atomic E-state index is 13.5. The van der Waals surface area contributed by atoms with Crippen molar-refractivity contribution in [1.82, 2.24) is 19.8 Å². The Bertz CT molecular complexity index is 1200. The van der Waals surface area contributed by atoms with Crippen LogP contribution in [0.5, 0.6) is 0 Å². The van der Waals surface area contributed by atoms with Gasteiger partial charge in [0, 0.05) is 61.7 Å². The molecule has 0 unspecified atom stereocenters. The van der Waals surface area contributed by atoms with Gasteiger partial charge in [0.2, 0.25) is 5.91 Å². The number of hydrogen-bond acceptors (Lipinski definition) is 5. The summed E-state index contributed by atoms with van der Waals surface area (Å²) < 4.78 is 1.83. The molecule has 4 heterocycles. The normalized spacial score (nSPS) is 23.8. The first kappa shape index (κ1) is 21.6. The Kier molecular flexibility index (Phi) is 5.83. The molecule has 2 aliphatic rings. The summed E-state index contributed by atoms with van der Waals surface area (Å²) in [4.78, 5) is 32.8. The molecule has 7 heteroatoms. The lowest BCUT2D eigenvalue weighted by atomic mass is 9.88. The smallest absolute Gasteiger partial charge is 0.258 e. The molecule has 0 aliphatic carbocycles. The maximum absolute atomic E-state index is 13.5. The van der Waals surface area contributed by atoms with Crippen LogP contribution < -0.4 is 10.9 Å². The molecule has 0 spiro atoms. The molecule has 1 aromatic carbocycles. The van der Waals surface area contributed by atoms with E-state index in [0.717, 1.165) is 16.8 Å². The van der Waals surface area contributed by atoms with Gasteiger partial charge in [-0.25, -0.2) is 0 Å². The number of benzene rings is 1. The monoisotopic (exact) mass is 444 g/mol. The first-order valence-corrected chi connectivity index (χ1v) is 11.5.